The van der Waals surface area contributed by atoms with Crippen LogP contribution in [0.3, 0.4) is 0 Å². The van der Waals surface area contributed by atoms with Crippen LogP contribution < -0.4 is 5.32 Å². The Morgan fingerprint density at radius 1 is 0.822 bits per heavy atom. The summed E-state index contributed by atoms with van der Waals surface area (Å²) in [5.41, 5.74) is 6.82. The number of nitrogens with one attached hydrogen (secondary N) is 1. The molecule has 45 heavy (non-hydrogen) atoms. The summed E-state index contributed by atoms with van der Waals surface area (Å²) < 4.78 is 8.04. The van der Waals surface area contributed by atoms with Gasteiger partial charge in [-0.3, -0.25) is 4.79 Å². The Morgan fingerprint density at radius 2 is 1.47 bits per heavy atom. The molecule has 0 saturated heterocycles. The van der Waals surface area contributed by atoms with E-state index in [2.05, 4.69) is 52.3 Å². The summed E-state index contributed by atoms with van der Waals surface area (Å²) in [5, 5.41) is 7.48. The van der Waals surface area contributed by atoms with Gasteiger partial charge in [0, 0.05) is 57.2 Å². The lowest BCUT2D eigenvalue weighted by atomic mass is 9.98. The molecule has 0 saturated carbocycles. The van der Waals surface area contributed by atoms with E-state index in [0.29, 0.717) is 32.5 Å². The quantitative estimate of drug-likeness (QED) is 0.117. The molecule has 0 atom stereocenters. The predicted molar refractivity (Wildman–Crippen MR) is 178 cm³/mol. The van der Waals surface area contributed by atoms with Crippen LogP contribution in [0.25, 0.3) is 22.0 Å². The highest BCUT2D eigenvalue weighted by atomic mass is 16.6. The number of hydrogen-bond acceptors (Lipinski definition) is 5. The Bertz CT molecular complexity index is 1600. The van der Waals surface area contributed by atoms with Crippen molar-refractivity contribution in [1.82, 2.24) is 19.9 Å². The van der Waals surface area contributed by atoms with E-state index >= 15 is 0 Å². The standard InChI is InChI=1S/C37H44N4O4/c1-27(42)14-6-4-5-13-22-38-36(43)21-23-41-29(24-28-15-7-12-20-35(28)41)25-39(2)40(3)37(44)45-26-34-32-18-10-8-16-30(32)31-17-9-11-19-33(31)34/h7-12,15-20,24,34H,4-6,13-14,21-23,25-26H2,1-3H3,(H,38,43). The number of nitrogens with zero attached hydrogens (tertiary/aromatic N) is 3. The van der Waals surface area contributed by atoms with E-state index in [4.69, 9.17) is 4.74 Å². The van der Waals surface area contributed by atoms with E-state index in [1.165, 1.54) is 27.3 Å². The number of rotatable bonds is 15. The summed E-state index contributed by atoms with van der Waals surface area (Å²) in [6.07, 6.45) is 4.42. The van der Waals surface area contributed by atoms with E-state index in [1.807, 2.05) is 48.5 Å². The molecule has 4 aromatic rings. The van der Waals surface area contributed by atoms with Crippen molar-refractivity contribution in [3.8, 4) is 11.1 Å². The molecule has 8 heteroatoms. The topological polar surface area (TPSA) is 83.9 Å². The fraction of sp³-hybridized carbons (Fsp3) is 0.378. The van der Waals surface area contributed by atoms with Crippen LogP contribution in [0.5, 0.6) is 0 Å². The zero-order valence-corrected chi connectivity index (χ0v) is 26.6. The molecule has 0 unspecified atom stereocenters. The van der Waals surface area contributed by atoms with Gasteiger partial charge in [-0.25, -0.2) is 14.8 Å². The number of ketones is 1. The number of ether oxygens (including phenoxy) is 1. The molecule has 5 rings (SSSR count). The largest absolute Gasteiger partial charge is 0.447 e. The van der Waals surface area contributed by atoms with Crippen molar-refractivity contribution in [1.29, 1.82) is 0 Å². The maximum Gasteiger partial charge on any atom is 0.424 e. The molecule has 1 heterocycles. The molecular weight excluding hydrogens is 564 g/mol. The Hall–Kier alpha value is -4.43. The van der Waals surface area contributed by atoms with Gasteiger partial charge in [-0.2, -0.15) is 0 Å². The molecule has 0 aliphatic heterocycles. The van der Waals surface area contributed by atoms with E-state index in [1.54, 1.807) is 14.0 Å². The van der Waals surface area contributed by atoms with Crippen molar-refractivity contribution in [2.75, 3.05) is 27.2 Å². The van der Waals surface area contributed by atoms with Crippen molar-refractivity contribution >= 4 is 28.7 Å². The van der Waals surface area contributed by atoms with E-state index in [0.717, 1.165) is 42.3 Å². The Labute approximate surface area is 265 Å². The van der Waals surface area contributed by atoms with Crippen LogP contribution in [-0.4, -0.2) is 59.6 Å². The zero-order valence-electron chi connectivity index (χ0n) is 26.6. The van der Waals surface area contributed by atoms with E-state index < -0.39 is 6.09 Å². The minimum Gasteiger partial charge on any atom is -0.447 e. The van der Waals surface area contributed by atoms with Gasteiger partial charge in [0.1, 0.15) is 12.4 Å². The van der Waals surface area contributed by atoms with Gasteiger partial charge >= 0.3 is 6.09 Å². The molecule has 0 spiro atoms. The Balaban J connectivity index is 1.16. The third-order valence-corrected chi connectivity index (χ3v) is 8.74. The summed E-state index contributed by atoms with van der Waals surface area (Å²) in [6.45, 7) is 3.54. The number of Topliss-reactive ketones (excluding diaryl/α,β-unsaturated/α-hetero) is 1. The van der Waals surface area contributed by atoms with Crippen LogP contribution >= 0.6 is 0 Å². The number of carbonyl (C=O) groups is 3. The molecule has 2 amide bonds. The Kier molecular flexibility index (Phi) is 10.7. The second kappa shape index (κ2) is 15.0. The predicted octanol–water partition coefficient (Wildman–Crippen LogP) is 6.91. The average molecular weight is 609 g/mol. The Morgan fingerprint density at radius 3 is 2.18 bits per heavy atom. The summed E-state index contributed by atoms with van der Waals surface area (Å²) >= 11 is 0. The molecule has 1 aromatic heterocycles. The summed E-state index contributed by atoms with van der Waals surface area (Å²) in [7, 11) is 3.59. The first-order valence-electron chi connectivity index (χ1n) is 16.0. The lowest BCUT2D eigenvalue weighted by Gasteiger charge is -2.28. The van der Waals surface area contributed by atoms with E-state index in [-0.39, 0.29) is 24.2 Å². The van der Waals surface area contributed by atoms with Crippen molar-refractivity contribution in [2.45, 2.75) is 64.5 Å². The first-order chi connectivity index (χ1) is 21.8. The summed E-state index contributed by atoms with van der Waals surface area (Å²) in [4.78, 5) is 37.0. The third kappa shape index (κ3) is 7.81. The average Bonchev–Trinajstić information content (AvgIpc) is 3.56. The number of carbonyl (C=O) groups excluding carboxylic acids is 3. The molecule has 3 aromatic carbocycles. The molecule has 1 aliphatic rings. The number of unbranched alkanes of at least 4 members (excludes halogenated alkanes) is 3. The number of hydrazine groups is 1. The van der Waals surface area contributed by atoms with Gasteiger partial charge in [0.15, 0.2) is 0 Å². The number of amides is 2. The molecule has 0 bridgehead atoms. The van der Waals surface area contributed by atoms with Gasteiger partial charge in [0.25, 0.3) is 0 Å². The minimum absolute atomic E-state index is 0.000430. The normalized spacial score (nSPS) is 12.3. The lowest BCUT2D eigenvalue weighted by molar-refractivity contribution is -0.121. The fourth-order valence-corrected chi connectivity index (χ4v) is 6.21. The van der Waals surface area contributed by atoms with Gasteiger partial charge in [0.05, 0.1) is 6.54 Å². The zero-order chi connectivity index (χ0) is 31.8. The third-order valence-electron chi connectivity index (χ3n) is 8.74. The molecule has 1 N–H and O–H groups in total. The molecule has 8 nitrogen and oxygen atoms in total. The highest BCUT2D eigenvalue weighted by molar-refractivity contribution is 5.82. The van der Waals surface area contributed by atoms with Crippen molar-refractivity contribution in [3.63, 3.8) is 0 Å². The molecule has 236 valence electrons. The van der Waals surface area contributed by atoms with Crippen LogP contribution in [0.1, 0.15) is 68.2 Å². The van der Waals surface area contributed by atoms with Crippen LogP contribution in [0.15, 0.2) is 78.9 Å². The van der Waals surface area contributed by atoms with Crippen LogP contribution in [0.4, 0.5) is 4.79 Å². The number of aromatic nitrogens is 1. The number of fused-ring (bicyclic) bond motifs is 4. The van der Waals surface area contributed by atoms with Gasteiger partial charge < -0.3 is 19.4 Å². The van der Waals surface area contributed by atoms with Crippen LogP contribution in [-0.2, 0) is 27.4 Å². The summed E-state index contributed by atoms with van der Waals surface area (Å²) in [6, 6.07) is 26.9. The van der Waals surface area contributed by atoms with Crippen molar-refractivity contribution < 1.29 is 19.1 Å². The first kappa shape index (κ1) is 32.0. The molecular formula is C37H44N4O4. The smallest absolute Gasteiger partial charge is 0.424 e. The van der Waals surface area contributed by atoms with Gasteiger partial charge in [-0.1, -0.05) is 79.6 Å². The van der Waals surface area contributed by atoms with Crippen LogP contribution in [0.2, 0.25) is 0 Å². The minimum atomic E-state index is -0.414. The molecule has 1 aliphatic carbocycles. The van der Waals surface area contributed by atoms with Gasteiger partial charge in [-0.15, -0.1) is 0 Å². The van der Waals surface area contributed by atoms with Crippen LogP contribution in [0, 0.1) is 0 Å². The maximum absolute atomic E-state index is 13.2. The number of aryl methyl sites for hydroxylation is 1. The highest BCUT2D eigenvalue weighted by Gasteiger charge is 2.30. The van der Waals surface area contributed by atoms with Gasteiger partial charge in [-0.05, 0) is 59.5 Å². The van der Waals surface area contributed by atoms with Gasteiger partial charge in [0.2, 0.25) is 5.91 Å². The monoisotopic (exact) mass is 608 g/mol. The fourth-order valence-electron chi connectivity index (χ4n) is 6.21. The number of para-hydroxylation sites is 1. The first-order valence-corrected chi connectivity index (χ1v) is 16.0. The molecule has 0 fully saturated rings. The molecule has 0 radical (unpaired) electrons. The number of benzene rings is 3. The van der Waals surface area contributed by atoms with Crippen molar-refractivity contribution in [3.05, 3.63) is 95.7 Å². The SMILES string of the molecule is CC(=O)CCCCCCNC(=O)CCn1c(CN(C)N(C)C(=O)OCC2c3ccccc3-c3ccccc32)cc2ccccc21. The maximum atomic E-state index is 13.2. The lowest BCUT2D eigenvalue weighted by Crippen LogP contribution is -2.41. The highest BCUT2D eigenvalue weighted by Crippen LogP contribution is 2.44. The number of hydrogen-bond donors (Lipinski definition) is 1. The van der Waals surface area contributed by atoms with E-state index in [9.17, 15) is 14.4 Å². The summed E-state index contributed by atoms with van der Waals surface area (Å²) in [5.74, 6) is 0.252. The second-order valence-electron chi connectivity index (χ2n) is 12.0. The van der Waals surface area contributed by atoms with Crippen molar-refractivity contribution in [2.24, 2.45) is 0 Å². The second-order valence-corrected chi connectivity index (χ2v) is 12.0.